The Balaban J connectivity index is 2.13. The van der Waals surface area contributed by atoms with Gasteiger partial charge in [0.25, 0.3) is 5.91 Å². The van der Waals surface area contributed by atoms with E-state index in [4.69, 9.17) is 0 Å². The first kappa shape index (κ1) is 14.3. The normalized spacial score (nSPS) is 12.2. The number of hydrogen-bond donors (Lipinski definition) is 1. The highest BCUT2D eigenvalue weighted by molar-refractivity contribution is 9.10. The Kier molecular flexibility index (Phi) is 4.42. The van der Waals surface area contributed by atoms with E-state index < -0.39 is 0 Å². The first-order valence-electron chi connectivity index (χ1n) is 6.11. The maximum Gasteiger partial charge on any atom is 0.261 e. The SMILES string of the molecule is Cc1cc(C(=O)N[C@@H](C)c2ccccc2Br)sc1C. The molecule has 0 saturated carbocycles. The zero-order chi connectivity index (χ0) is 14.0. The third-order valence-electron chi connectivity index (χ3n) is 3.11. The number of hydrogen-bond acceptors (Lipinski definition) is 2. The second-order valence-electron chi connectivity index (χ2n) is 4.57. The van der Waals surface area contributed by atoms with Gasteiger partial charge >= 0.3 is 0 Å². The van der Waals surface area contributed by atoms with E-state index in [1.165, 1.54) is 10.4 Å². The van der Waals surface area contributed by atoms with Crippen molar-refractivity contribution in [3.8, 4) is 0 Å². The number of rotatable bonds is 3. The van der Waals surface area contributed by atoms with Crippen LogP contribution in [0.2, 0.25) is 0 Å². The molecular weight excluding hydrogens is 322 g/mol. The summed E-state index contributed by atoms with van der Waals surface area (Å²) in [6, 6.07) is 9.86. The van der Waals surface area contributed by atoms with Gasteiger partial charge in [-0.25, -0.2) is 0 Å². The fraction of sp³-hybridized carbons (Fsp3) is 0.267. The molecule has 2 nitrogen and oxygen atoms in total. The molecule has 0 radical (unpaired) electrons. The molecule has 2 aromatic rings. The van der Waals surface area contributed by atoms with Crippen LogP contribution in [0.3, 0.4) is 0 Å². The van der Waals surface area contributed by atoms with Crippen molar-refractivity contribution in [2.24, 2.45) is 0 Å². The molecule has 1 aromatic carbocycles. The molecule has 4 heteroatoms. The van der Waals surface area contributed by atoms with Crippen molar-refractivity contribution in [1.29, 1.82) is 0 Å². The summed E-state index contributed by atoms with van der Waals surface area (Å²) < 4.78 is 1.02. The molecule has 19 heavy (non-hydrogen) atoms. The molecule has 1 heterocycles. The maximum absolute atomic E-state index is 12.2. The summed E-state index contributed by atoms with van der Waals surface area (Å²) in [5.41, 5.74) is 2.25. The van der Waals surface area contributed by atoms with E-state index in [1.54, 1.807) is 11.3 Å². The molecule has 1 N–H and O–H groups in total. The zero-order valence-corrected chi connectivity index (χ0v) is 13.6. The topological polar surface area (TPSA) is 29.1 Å². The lowest BCUT2D eigenvalue weighted by molar-refractivity contribution is 0.0944. The summed E-state index contributed by atoms with van der Waals surface area (Å²) in [4.78, 5) is 14.2. The molecule has 0 saturated heterocycles. The van der Waals surface area contributed by atoms with Crippen LogP contribution in [-0.4, -0.2) is 5.91 Å². The Bertz CT molecular complexity index is 586. The lowest BCUT2D eigenvalue weighted by Crippen LogP contribution is -2.26. The number of carbonyl (C=O) groups excluding carboxylic acids is 1. The van der Waals surface area contributed by atoms with Crippen LogP contribution in [0.1, 0.15) is 38.6 Å². The number of thiophene rings is 1. The van der Waals surface area contributed by atoms with Crippen LogP contribution in [0.5, 0.6) is 0 Å². The molecule has 0 aliphatic rings. The minimum atomic E-state index is -0.0224. The number of carbonyl (C=O) groups is 1. The van der Waals surface area contributed by atoms with Gasteiger partial charge in [0.05, 0.1) is 10.9 Å². The fourth-order valence-corrected chi connectivity index (χ4v) is 3.42. The minimum Gasteiger partial charge on any atom is -0.345 e. The average Bonchev–Trinajstić information content (AvgIpc) is 2.70. The molecule has 0 unspecified atom stereocenters. The number of benzene rings is 1. The predicted molar refractivity (Wildman–Crippen MR) is 83.8 cm³/mol. The van der Waals surface area contributed by atoms with Crippen molar-refractivity contribution < 1.29 is 4.79 Å². The molecule has 0 spiro atoms. The number of amides is 1. The molecule has 1 amide bonds. The van der Waals surface area contributed by atoms with Gasteiger partial charge in [0.15, 0.2) is 0 Å². The Labute approximate surface area is 126 Å². The van der Waals surface area contributed by atoms with Crippen LogP contribution in [0.15, 0.2) is 34.8 Å². The van der Waals surface area contributed by atoms with Crippen LogP contribution >= 0.6 is 27.3 Å². The minimum absolute atomic E-state index is 0.00977. The van der Waals surface area contributed by atoms with E-state index in [9.17, 15) is 4.79 Å². The van der Waals surface area contributed by atoms with Crippen molar-refractivity contribution in [1.82, 2.24) is 5.32 Å². The Morgan fingerprint density at radius 3 is 2.58 bits per heavy atom. The van der Waals surface area contributed by atoms with Crippen molar-refractivity contribution >= 4 is 33.2 Å². The highest BCUT2D eigenvalue weighted by Crippen LogP contribution is 2.25. The smallest absolute Gasteiger partial charge is 0.261 e. The van der Waals surface area contributed by atoms with Crippen LogP contribution in [0.25, 0.3) is 0 Å². The van der Waals surface area contributed by atoms with Gasteiger partial charge in [-0.2, -0.15) is 0 Å². The first-order chi connectivity index (χ1) is 8.99. The molecule has 0 fully saturated rings. The van der Waals surface area contributed by atoms with Crippen LogP contribution in [0, 0.1) is 13.8 Å². The highest BCUT2D eigenvalue weighted by Gasteiger charge is 2.15. The molecule has 1 atom stereocenters. The van der Waals surface area contributed by atoms with Gasteiger partial charge in [-0.3, -0.25) is 4.79 Å². The van der Waals surface area contributed by atoms with Crippen molar-refractivity contribution in [3.05, 3.63) is 55.7 Å². The van der Waals surface area contributed by atoms with Crippen LogP contribution < -0.4 is 5.32 Å². The number of nitrogens with one attached hydrogen (secondary N) is 1. The number of aryl methyl sites for hydroxylation is 2. The van der Waals surface area contributed by atoms with E-state index in [0.717, 1.165) is 14.9 Å². The summed E-state index contributed by atoms with van der Waals surface area (Å²) in [6.07, 6.45) is 0. The standard InChI is InChI=1S/C15H16BrNOS/c1-9-8-14(19-11(9)3)15(18)17-10(2)12-6-4-5-7-13(12)16/h4-8,10H,1-3H3,(H,17,18)/t10-/m0/s1. The van der Waals surface area contributed by atoms with Crippen LogP contribution in [-0.2, 0) is 0 Å². The predicted octanol–water partition coefficient (Wildman–Crippen LogP) is 4.62. The van der Waals surface area contributed by atoms with E-state index in [1.807, 2.05) is 51.1 Å². The van der Waals surface area contributed by atoms with Gasteiger partial charge in [0, 0.05) is 9.35 Å². The number of halogens is 1. The van der Waals surface area contributed by atoms with Gasteiger partial charge in [0.1, 0.15) is 0 Å². The van der Waals surface area contributed by atoms with E-state index in [0.29, 0.717) is 0 Å². The van der Waals surface area contributed by atoms with E-state index in [2.05, 4.69) is 21.2 Å². The van der Waals surface area contributed by atoms with Crippen molar-refractivity contribution in [2.45, 2.75) is 26.8 Å². The monoisotopic (exact) mass is 337 g/mol. The van der Waals surface area contributed by atoms with Gasteiger partial charge in [-0.1, -0.05) is 34.1 Å². The van der Waals surface area contributed by atoms with Crippen LogP contribution in [0.4, 0.5) is 0 Å². The second kappa shape index (κ2) is 5.88. The molecular formula is C15H16BrNOS. The van der Waals surface area contributed by atoms with E-state index in [-0.39, 0.29) is 11.9 Å². The lowest BCUT2D eigenvalue weighted by Gasteiger charge is -2.15. The third kappa shape index (κ3) is 3.25. The van der Waals surface area contributed by atoms with Gasteiger partial charge in [-0.05, 0) is 44.0 Å². The molecule has 1 aromatic heterocycles. The second-order valence-corrected chi connectivity index (χ2v) is 6.68. The summed E-state index contributed by atoms with van der Waals surface area (Å²) in [6.45, 7) is 6.05. The molecule has 0 aliphatic carbocycles. The highest BCUT2D eigenvalue weighted by atomic mass is 79.9. The lowest BCUT2D eigenvalue weighted by atomic mass is 10.1. The quantitative estimate of drug-likeness (QED) is 0.869. The molecule has 100 valence electrons. The maximum atomic E-state index is 12.2. The summed E-state index contributed by atoms with van der Waals surface area (Å²) >= 11 is 5.05. The van der Waals surface area contributed by atoms with E-state index >= 15 is 0 Å². The van der Waals surface area contributed by atoms with Gasteiger partial charge in [-0.15, -0.1) is 11.3 Å². The Morgan fingerprint density at radius 1 is 1.32 bits per heavy atom. The molecule has 2 rings (SSSR count). The molecule has 0 bridgehead atoms. The summed E-state index contributed by atoms with van der Waals surface area (Å²) in [5.74, 6) is -0.00977. The first-order valence-corrected chi connectivity index (χ1v) is 7.72. The third-order valence-corrected chi connectivity index (χ3v) is 4.98. The Morgan fingerprint density at radius 2 is 2.00 bits per heavy atom. The van der Waals surface area contributed by atoms with Crippen molar-refractivity contribution in [3.63, 3.8) is 0 Å². The summed E-state index contributed by atoms with van der Waals surface area (Å²) in [5, 5.41) is 3.04. The molecule has 0 aliphatic heterocycles. The summed E-state index contributed by atoms with van der Waals surface area (Å²) in [7, 11) is 0. The fourth-order valence-electron chi connectivity index (χ4n) is 1.86. The largest absolute Gasteiger partial charge is 0.345 e. The average molecular weight is 338 g/mol. The Hall–Kier alpha value is -1.13. The van der Waals surface area contributed by atoms with Gasteiger partial charge < -0.3 is 5.32 Å². The zero-order valence-electron chi connectivity index (χ0n) is 11.2. The van der Waals surface area contributed by atoms with Crippen molar-refractivity contribution in [2.75, 3.05) is 0 Å². The van der Waals surface area contributed by atoms with Gasteiger partial charge in [0.2, 0.25) is 0 Å².